The molecular formula is C20H15Br2Cl2N5O. The van der Waals surface area contributed by atoms with E-state index in [1.165, 1.54) is 0 Å². The molecule has 0 saturated heterocycles. The van der Waals surface area contributed by atoms with Crippen LogP contribution in [0.5, 0.6) is 0 Å². The maximum atomic E-state index is 11.0. The normalized spacial score (nSPS) is 10.7. The number of carbonyl (C=O) groups excluding carboxylic acids is 1. The van der Waals surface area contributed by atoms with Crippen LogP contribution in [-0.4, -0.2) is 25.8 Å². The summed E-state index contributed by atoms with van der Waals surface area (Å²) >= 11 is 18.9. The standard InChI is InChI=1S/C10H7BrClN3.C10H8BrClN2O/c1-2-15-8(5-13)9-7(14-15)4-3-6(11)10(9)12;1-2-14-8(5-15)9-7(13-14)4-3-6(11)10(9)12/h3-4H,2H2,1H3;3-5H,2H2,1H3. The highest BCUT2D eigenvalue weighted by atomic mass is 79.9. The van der Waals surface area contributed by atoms with Gasteiger partial charge in [0.2, 0.25) is 0 Å². The molecule has 0 aliphatic rings. The zero-order valence-electron chi connectivity index (χ0n) is 16.0. The minimum Gasteiger partial charge on any atom is -0.296 e. The van der Waals surface area contributed by atoms with Crippen molar-refractivity contribution in [3.63, 3.8) is 0 Å². The van der Waals surface area contributed by atoms with Crippen molar-refractivity contribution in [3.05, 3.63) is 54.6 Å². The summed E-state index contributed by atoms with van der Waals surface area (Å²) in [5, 5.41) is 20.2. The van der Waals surface area contributed by atoms with Gasteiger partial charge in [-0.1, -0.05) is 23.2 Å². The van der Waals surface area contributed by atoms with E-state index in [1.54, 1.807) is 9.36 Å². The fourth-order valence-corrected chi connectivity index (χ4v) is 4.21. The van der Waals surface area contributed by atoms with Crippen molar-refractivity contribution >= 4 is 83.2 Å². The lowest BCUT2D eigenvalue weighted by atomic mass is 10.2. The average molecular weight is 572 g/mol. The Balaban J connectivity index is 0.000000171. The van der Waals surface area contributed by atoms with Crippen LogP contribution in [0.25, 0.3) is 21.8 Å². The first-order valence-corrected chi connectivity index (χ1v) is 11.3. The third kappa shape index (κ3) is 4.00. The Hall–Kier alpha value is -1.92. The van der Waals surface area contributed by atoms with Gasteiger partial charge in [-0.15, -0.1) is 0 Å². The predicted octanol–water partition coefficient (Wildman–Crippen LogP) is 6.63. The van der Waals surface area contributed by atoms with Gasteiger partial charge < -0.3 is 0 Å². The van der Waals surface area contributed by atoms with Crippen LogP contribution in [0.1, 0.15) is 30.0 Å². The number of fused-ring (bicyclic) bond motifs is 2. The molecule has 30 heavy (non-hydrogen) atoms. The van der Waals surface area contributed by atoms with Crippen LogP contribution < -0.4 is 0 Å². The molecule has 0 aliphatic heterocycles. The predicted molar refractivity (Wildman–Crippen MR) is 126 cm³/mol. The second-order valence-corrected chi connectivity index (χ2v) is 8.57. The number of aldehydes is 1. The van der Waals surface area contributed by atoms with E-state index in [0.717, 1.165) is 31.7 Å². The van der Waals surface area contributed by atoms with Gasteiger partial charge in [0, 0.05) is 22.0 Å². The SMILES string of the molecule is CCn1nc2ccc(Br)c(Cl)c2c1C#N.CCn1nc2ccc(Br)c(Cl)c2c1C=O. The minimum atomic E-state index is 0.513. The summed E-state index contributed by atoms with van der Waals surface area (Å²) in [6.07, 6.45) is 0.789. The lowest BCUT2D eigenvalue weighted by molar-refractivity contribution is 0.111. The summed E-state index contributed by atoms with van der Waals surface area (Å²) in [5.74, 6) is 0. The first kappa shape index (κ1) is 22.8. The van der Waals surface area contributed by atoms with Gasteiger partial charge in [-0.3, -0.25) is 14.2 Å². The van der Waals surface area contributed by atoms with Gasteiger partial charge in [-0.05, 0) is 70.0 Å². The van der Waals surface area contributed by atoms with E-state index in [2.05, 4.69) is 48.1 Å². The topological polar surface area (TPSA) is 76.5 Å². The third-order valence-corrected chi connectivity index (χ3v) is 7.01. The first-order chi connectivity index (χ1) is 14.4. The summed E-state index contributed by atoms with van der Waals surface area (Å²) in [7, 11) is 0. The van der Waals surface area contributed by atoms with E-state index < -0.39 is 0 Å². The van der Waals surface area contributed by atoms with Crippen LogP contribution in [-0.2, 0) is 13.1 Å². The molecule has 0 saturated carbocycles. The molecule has 4 rings (SSSR count). The number of nitrogens with zero attached hydrogens (tertiary/aromatic N) is 5. The molecule has 10 heteroatoms. The van der Waals surface area contributed by atoms with Crippen LogP contribution in [0, 0.1) is 11.3 Å². The smallest absolute Gasteiger partial charge is 0.168 e. The Labute approximate surface area is 199 Å². The maximum Gasteiger partial charge on any atom is 0.168 e. The van der Waals surface area contributed by atoms with E-state index in [1.807, 2.05) is 38.1 Å². The lowest BCUT2D eigenvalue weighted by Gasteiger charge is -1.98. The quantitative estimate of drug-likeness (QED) is 0.259. The number of aromatic nitrogens is 4. The van der Waals surface area contributed by atoms with Gasteiger partial charge in [0.1, 0.15) is 17.5 Å². The molecule has 0 atom stereocenters. The molecule has 0 radical (unpaired) electrons. The number of hydrogen-bond acceptors (Lipinski definition) is 4. The van der Waals surface area contributed by atoms with E-state index >= 15 is 0 Å². The molecule has 0 aliphatic carbocycles. The molecule has 2 aromatic carbocycles. The Bertz CT molecular complexity index is 1310. The van der Waals surface area contributed by atoms with Crippen molar-refractivity contribution < 1.29 is 4.79 Å². The van der Waals surface area contributed by atoms with Crippen molar-refractivity contribution in [2.75, 3.05) is 0 Å². The van der Waals surface area contributed by atoms with E-state index in [-0.39, 0.29) is 0 Å². The Morgan fingerprint density at radius 1 is 0.967 bits per heavy atom. The molecule has 2 heterocycles. The number of carbonyl (C=O) groups is 1. The van der Waals surface area contributed by atoms with Gasteiger partial charge in [-0.2, -0.15) is 15.5 Å². The monoisotopic (exact) mass is 569 g/mol. The van der Waals surface area contributed by atoms with E-state index in [9.17, 15) is 4.79 Å². The summed E-state index contributed by atoms with van der Waals surface area (Å²) < 4.78 is 4.86. The summed E-state index contributed by atoms with van der Waals surface area (Å²) in [4.78, 5) is 11.0. The molecular weight excluding hydrogens is 557 g/mol. The lowest BCUT2D eigenvalue weighted by Crippen LogP contribution is -2.01. The van der Waals surface area contributed by atoms with Crippen molar-refractivity contribution in [1.82, 2.24) is 19.6 Å². The van der Waals surface area contributed by atoms with Gasteiger partial charge in [0.25, 0.3) is 0 Å². The molecule has 154 valence electrons. The number of benzene rings is 2. The minimum absolute atomic E-state index is 0.513. The van der Waals surface area contributed by atoms with Crippen LogP contribution in [0.15, 0.2) is 33.2 Å². The number of aryl methyl sites for hydroxylation is 2. The Morgan fingerprint density at radius 3 is 1.97 bits per heavy atom. The summed E-state index contributed by atoms with van der Waals surface area (Å²) in [5.41, 5.74) is 2.53. The average Bonchev–Trinajstić information content (AvgIpc) is 3.31. The molecule has 0 N–H and O–H groups in total. The van der Waals surface area contributed by atoms with Crippen LogP contribution in [0.3, 0.4) is 0 Å². The van der Waals surface area contributed by atoms with Crippen LogP contribution in [0.2, 0.25) is 10.0 Å². The van der Waals surface area contributed by atoms with Crippen molar-refractivity contribution in [2.24, 2.45) is 0 Å². The van der Waals surface area contributed by atoms with Gasteiger partial charge >= 0.3 is 0 Å². The van der Waals surface area contributed by atoms with Gasteiger partial charge in [0.15, 0.2) is 6.29 Å². The van der Waals surface area contributed by atoms with Crippen molar-refractivity contribution in [2.45, 2.75) is 26.9 Å². The summed E-state index contributed by atoms with van der Waals surface area (Å²) in [6, 6.07) is 9.47. The van der Waals surface area contributed by atoms with Gasteiger partial charge in [0.05, 0.1) is 31.9 Å². The number of halogens is 4. The maximum absolute atomic E-state index is 11.0. The highest BCUT2D eigenvalue weighted by Crippen LogP contribution is 2.33. The first-order valence-electron chi connectivity index (χ1n) is 8.92. The molecule has 4 aromatic rings. The molecule has 0 spiro atoms. The third-order valence-electron chi connectivity index (χ3n) is 4.45. The number of nitriles is 1. The Kier molecular flexibility index (Phi) is 7.19. The van der Waals surface area contributed by atoms with E-state index in [0.29, 0.717) is 39.9 Å². The second-order valence-electron chi connectivity index (χ2n) is 6.11. The summed E-state index contributed by atoms with van der Waals surface area (Å²) in [6.45, 7) is 5.18. The number of hydrogen-bond donors (Lipinski definition) is 0. The second kappa shape index (κ2) is 9.48. The van der Waals surface area contributed by atoms with Gasteiger partial charge in [-0.25, -0.2) is 0 Å². The largest absolute Gasteiger partial charge is 0.296 e. The highest BCUT2D eigenvalue weighted by Gasteiger charge is 2.15. The molecule has 6 nitrogen and oxygen atoms in total. The molecule has 0 unspecified atom stereocenters. The van der Waals surface area contributed by atoms with Crippen LogP contribution in [0.4, 0.5) is 0 Å². The fourth-order valence-electron chi connectivity index (χ4n) is 3.04. The zero-order chi connectivity index (χ0) is 22.0. The molecule has 2 aromatic heterocycles. The number of rotatable bonds is 3. The Morgan fingerprint density at radius 2 is 1.47 bits per heavy atom. The van der Waals surface area contributed by atoms with Crippen molar-refractivity contribution in [3.8, 4) is 6.07 Å². The fraction of sp³-hybridized carbons (Fsp3) is 0.200. The van der Waals surface area contributed by atoms with E-state index in [4.69, 9.17) is 28.5 Å². The molecule has 0 bridgehead atoms. The van der Waals surface area contributed by atoms with Crippen LogP contribution >= 0.6 is 55.1 Å². The van der Waals surface area contributed by atoms with Crippen molar-refractivity contribution in [1.29, 1.82) is 5.26 Å². The zero-order valence-corrected chi connectivity index (χ0v) is 20.6. The highest BCUT2D eigenvalue weighted by molar-refractivity contribution is 9.10. The molecule has 0 fully saturated rings. The molecule has 0 amide bonds.